The number of hydrogen-bond acceptors (Lipinski definition) is 5. The van der Waals surface area contributed by atoms with Crippen LogP contribution in [-0.4, -0.2) is 33.8 Å². The summed E-state index contributed by atoms with van der Waals surface area (Å²) in [7, 11) is 0. The topological polar surface area (TPSA) is 95.6 Å². The van der Waals surface area contributed by atoms with Crippen molar-refractivity contribution >= 4 is 11.7 Å². The van der Waals surface area contributed by atoms with Gasteiger partial charge >= 0.3 is 0 Å². The van der Waals surface area contributed by atoms with Crippen molar-refractivity contribution in [3.63, 3.8) is 0 Å². The second-order valence-corrected chi connectivity index (χ2v) is 9.97. The molecule has 0 spiro atoms. The highest BCUT2D eigenvalue weighted by Crippen LogP contribution is 2.32. The fourth-order valence-electron chi connectivity index (χ4n) is 4.69. The summed E-state index contributed by atoms with van der Waals surface area (Å²) in [5, 5.41) is 20.0. The number of nitriles is 1. The van der Waals surface area contributed by atoms with Crippen LogP contribution in [0.1, 0.15) is 60.8 Å². The number of nitrogens with zero attached hydrogens (tertiary/aromatic N) is 4. The van der Waals surface area contributed by atoms with E-state index in [1.807, 2.05) is 77.6 Å². The third kappa shape index (κ3) is 5.99. The predicted molar refractivity (Wildman–Crippen MR) is 149 cm³/mol. The van der Waals surface area contributed by atoms with Crippen molar-refractivity contribution in [2.45, 2.75) is 44.1 Å². The first kappa shape index (κ1) is 25.4. The second-order valence-electron chi connectivity index (χ2n) is 9.97. The number of nitrogens with one attached hydrogen (secondary N) is 2. The standard InChI is InChI=1S/C31H32N6O/c1-22(24-12-10-23(16-32)11-13-24)17-33-20-29(25-6-3-2-4-7-25)31(38)36-30-15-14-26(18-34-30)27-19-35-37(21-27)28-8-5-9-28/h2-4,6-7,10-15,18-19,21-22,28-29,33H,5,8-9,17,20H2,1H3,(H,34,36,38)/t22-,29?/m0/s1. The van der Waals surface area contributed by atoms with Gasteiger partial charge in [0.05, 0.1) is 29.8 Å². The summed E-state index contributed by atoms with van der Waals surface area (Å²) in [6.45, 7) is 3.34. The van der Waals surface area contributed by atoms with Crippen molar-refractivity contribution in [2.24, 2.45) is 0 Å². The van der Waals surface area contributed by atoms with E-state index < -0.39 is 0 Å². The molecule has 5 rings (SSSR count). The smallest absolute Gasteiger partial charge is 0.234 e. The van der Waals surface area contributed by atoms with Gasteiger partial charge in [-0.2, -0.15) is 10.4 Å². The number of amides is 1. The van der Waals surface area contributed by atoms with Crippen molar-refractivity contribution in [3.8, 4) is 17.2 Å². The van der Waals surface area contributed by atoms with Gasteiger partial charge in [0.25, 0.3) is 0 Å². The van der Waals surface area contributed by atoms with Crippen LogP contribution < -0.4 is 10.6 Å². The van der Waals surface area contributed by atoms with Crippen LogP contribution in [0.2, 0.25) is 0 Å². The molecule has 2 heterocycles. The van der Waals surface area contributed by atoms with Crippen LogP contribution in [0.4, 0.5) is 5.82 Å². The molecule has 7 nitrogen and oxygen atoms in total. The molecule has 7 heteroatoms. The zero-order valence-corrected chi connectivity index (χ0v) is 21.5. The largest absolute Gasteiger partial charge is 0.315 e. The van der Waals surface area contributed by atoms with Crippen LogP contribution >= 0.6 is 0 Å². The number of carbonyl (C=O) groups is 1. The molecule has 2 N–H and O–H groups in total. The number of pyridine rings is 1. The maximum Gasteiger partial charge on any atom is 0.234 e. The Hall–Kier alpha value is -4.28. The van der Waals surface area contributed by atoms with Crippen LogP contribution in [-0.2, 0) is 4.79 Å². The van der Waals surface area contributed by atoms with E-state index in [9.17, 15) is 4.79 Å². The van der Waals surface area contributed by atoms with Crippen molar-refractivity contribution < 1.29 is 4.79 Å². The van der Waals surface area contributed by atoms with Crippen LogP contribution in [0, 0.1) is 11.3 Å². The first-order valence-corrected chi connectivity index (χ1v) is 13.2. The maximum atomic E-state index is 13.4. The lowest BCUT2D eigenvalue weighted by Gasteiger charge is -2.25. The predicted octanol–water partition coefficient (Wildman–Crippen LogP) is 5.66. The van der Waals surface area contributed by atoms with E-state index in [2.05, 4.69) is 39.9 Å². The molecule has 1 fully saturated rings. The van der Waals surface area contributed by atoms with Gasteiger partial charge in [-0.1, -0.05) is 49.4 Å². The molecule has 0 saturated heterocycles. The third-order valence-corrected chi connectivity index (χ3v) is 7.32. The SMILES string of the molecule is C[C@@H](CNCC(C(=O)Nc1ccc(-c2cnn(C3CCC3)c2)cn1)c1ccccc1)c1ccc(C#N)cc1. The minimum Gasteiger partial charge on any atom is -0.315 e. The Morgan fingerprint density at radius 3 is 2.45 bits per heavy atom. The molecule has 1 amide bonds. The van der Waals surface area contributed by atoms with Crippen molar-refractivity contribution in [2.75, 3.05) is 18.4 Å². The monoisotopic (exact) mass is 504 g/mol. The lowest BCUT2D eigenvalue weighted by atomic mass is 9.93. The summed E-state index contributed by atoms with van der Waals surface area (Å²) in [4.78, 5) is 17.9. The molecule has 2 aromatic carbocycles. The average Bonchev–Trinajstić information content (AvgIpc) is 3.40. The van der Waals surface area contributed by atoms with Gasteiger partial charge in [0.15, 0.2) is 0 Å². The normalized spacial score (nSPS) is 14.7. The van der Waals surface area contributed by atoms with Gasteiger partial charge in [-0.15, -0.1) is 0 Å². The summed E-state index contributed by atoms with van der Waals surface area (Å²) in [6, 6.07) is 23.9. The summed E-state index contributed by atoms with van der Waals surface area (Å²) in [5.41, 5.74) is 4.76. The minimum atomic E-state index is -0.369. The van der Waals surface area contributed by atoms with E-state index in [1.165, 1.54) is 19.3 Å². The van der Waals surface area contributed by atoms with E-state index >= 15 is 0 Å². The van der Waals surface area contributed by atoms with Crippen LogP contribution in [0.5, 0.6) is 0 Å². The molecule has 1 aliphatic carbocycles. The van der Waals surface area contributed by atoms with E-state index in [0.29, 0.717) is 30.5 Å². The number of carbonyl (C=O) groups excluding carboxylic acids is 1. The van der Waals surface area contributed by atoms with Gasteiger partial charge in [0.1, 0.15) is 5.82 Å². The summed E-state index contributed by atoms with van der Waals surface area (Å²) >= 11 is 0. The van der Waals surface area contributed by atoms with Crippen LogP contribution in [0.3, 0.4) is 0 Å². The molecule has 2 atom stereocenters. The molecule has 2 aromatic heterocycles. The zero-order valence-electron chi connectivity index (χ0n) is 21.5. The Morgan fingerprint density at radius 1 is 1.00 bits per heavy atom. The zero-order chi connectivity index (χ0) is 26.3. The fourth-order valence-corrected chi connectivity index (χ4v) is 4.69. The quantitative estimate of drug-likeness (QED) is 0.291. The van der Waals surface area contributed by atoms with Gasteiger partial charge in [-0.25, -0.2) is 4.98 Å². The van der Waals surface area contributed by atoms with Crippen molar-refractivity contribution in [1.29, 1.82) is 5.26 Å². The number of benzene rings is 2. The summed E-state index contributed by atoms with van der Waals surface area (Å²) in [6.07, 6.45) is 9.39. The Morgan fingerprint density at radius 2 is 1.79 bits per heavy atom. The molecule has 38 heavy (non-hydrogen) atoms. The number of aromatic nitrogens is 3. The average molecular weight is 505 g/mol. The molecular formula is C31H32N6O. The second kappa shape index (κ2) is 11.8. The molecule has 1 unspecified atom stereocenters. The maximum absolute atomic E-state index is 13.4. The molecule has 0 radical (unpaired) electrons. The van der Waals surface area contributed by atoms with Gasteiger partial charge < -0.3 is 10.6 Å². The fraction of sp³-hybridized carbons (Fsp3) is 0.290. The minimum absolute atomic E-state index is 0.104. The highest BCUT2D eigenvalue weighted by Gasteiger charge is 2.22. The van der Waals surface area contributed by atoms with Crippen LogP contribution in [0.15, 0.2) is 85.3 Å². The van der Waals surface area contributed by atoms with E-state index in [-0.39, 0.29) is 17.7 Å². The highest BCUT2D eigenvalue weighted by atomic mass is 16.2. The Kier molecular flexibility index (Phi) is 7.91. The van der Waals surface area contributed by atoms with Gasteiger partial charge in [-0.3, -0.25) is 9.48 Å². The molecule has 1 saturated carbocycles. The Bertz CT molecular complexity index is 1390. The summed E-state index contributed by atoms with van der Waals surface area (Å²) < 4.78 is 2.05. The Labute approximate surface area is 223 Å². The summed E-state index contributed by atoms with van der Waals surface area (Å²) in [5.74, 6) is 0.293. The van der Waals surface area contributed by atoms with Crippen molar-refractivity contribution in [3.05, 3.63) is 102 Å². The lowest BCUT2D eigenvalue weighted by Crippen LogP contribution is -2.32. The number of rotatable bonds is 10. The molecule has 4 aromatic rings. The molecule has 0 aliphatic heterocycles. The molecular weight excluding hydrogens is 472 g/mol. The first-order valence-electron chi connectivity index (χ1n) is 13.2. The van der Waals surface area contributed by atoms with E-state index in [1.54, 1.807) is 6.20 Å². The van der Waals surface area contributed by atoms with E-state index in [0.717, 1.165) is 22.3 Å². The third-order valence-electron chi connectivity index (χ3n) is 7.32. The molecule has 192 valence electrons. The lowest BCUT2D eigenvalue weighted by molar-refractivity contribution is -0.117. The Balaban J connectivity index is 1.21. The molecule has 1 aliphatic rings. The van der Waals surface area contributed by atoms with Gasteiger partial charge in [-0.05, 0) is 60.6 Å². The molecule has 0 bridgehead atoms. The number of anilines is 1. The van der Waals surface area contributed by atoms with E-state index in [4.69, 9.17) is 5.26 Å². The van der Waals surface area contributed by atoms with Crippen molar-refractivity contribution in [1.82, 2.24) is 20.1 Å². The first-order chi connectivity index (χ1) is 18.6. The van der Waals surface area contributed by atoms with Gasteiger partial charge in [0, 0.05) is 36.6 Å². The van der Waals surface area contributed by atoms with Crippen LogP contribution in [0.25, 0.3) is 11.1 Å². The van der Waals surface area contributed by atoms with Gasteiger partial charge in [0.2, 0.25) is 5.91 Å². The number of hydrogen-bond donors (Lipinski definition) is 2. The highest BCUT2D eigenvalue weighted by molar-refractivity contribution is 5.95.